The first-order valence-electron chi connectivity index (χ1n) is 8.43. The first-order chi connectivity index (χ1) is 10.0. The van der Waals surface area contributed by atoms with Gasteiger partial charge in [0.05, 0.1) is 6.10 Å². The number of fused-ring (bicyclic) bond motifs is 1. The Morgan fingerprint density at radius 3 is 2.76 bits per heavy atom. The predicted molar refractivity (Wildman–Crippen MR) is 89.6 cm³/mol. The highest BCUT2D eigenvalue weighted by atomic mass is 16.5. The van der Waals surface area contributed by atoms with E-state index in [1.165, 1.54) is 30.4 Å². The van der Waals surface area contributed by atoms with Crippen LogP contribution in [0.4, 0.5) is 0 Å². The largest absolute Gasteiger partial charge is 0.379 e. The molecule has 1 aliphatic rings. The zero-order valence-corrected chi connectivity index (χ0v) is 14.1. The van der Waals surface area contributed by atoms with Gasteiger partial charge in [0.2, 0.25) is 0 Å². The van der Waals surface area contributed by atoms with E-state index in [9.17, 15) is 0 Å². The number of rotatable bonds is 7. The van der Waals surface area contributed by atoms with Crippen LogP contribution in [-0.2, 0) is 11.2 Å². The highest BCUT2D eigenvalue weighted by Gasteiger charge is 2.34. The molecule has 0 aromatic heterocycles. The first kappa shape index (κ1) is 16.5. The van der Waals surface area contributed by atoms with E-state index in [1.54, 1.807) is 0 Å². The maximum Gasteiger partial charge on any atom is 0.0518 e. The van der Waals surface area contributed by atoms with Crippen LogP contribution in [0.2, 0.25) is 0 Å². The van der Waals surface area contributed by atoms with Crippen LogP contribution < -0.4 is 5.32 Å². The fourth-order valence-corrected chi connectivity index (χ4v) is 3.24. The van der Waals surface area contributed by atoms with Crippen molar-refractivity contribution in [2.24, 2.45) is 5.41 Å². The third-order valence-corrected chi connectivity index (χ3v) is 4.56. The standard InChI is InChI=1S/C19H31NO/c1-15(2)21-14-8-7-13-20-18-17-10-6-5-9-16(17)11-12-19(18,3)4/h5-6,9-10,15,18,20H,7-8,11-14H2,1-4H3. The number of nitrogens with one attached hydrogen (secondary N) is 1. The minimum absolute atomic E-state index is 0.336. The SMILES string of the molecule is CC(C)OCCCCNC1c2ccccc2CCC1(C)C. The molecule has 0 spiro atoms. The molecule has 0 heterocycles. The lowest BCUT2D eigenvalue weighted by Gasteiger charge is -2.40. The number of benzene rings is 1. The molecular formula is C19H31NO. The zero-order chi connectivity index (χ0) is 15.3. The van der Waals surface area contributed by atoms with Crippen LogP contribution in [0.5, 0.6) is 0 Å². The average molecular weight is 289 g/mol. The van der Waals surface area contributed by atoms with Crippen molar-refractivity contribution in [2.45, 2.75) is 65.5 Å². The van der Waals surface area contributed by atoms with Gasteiger partial charge in [-0.3, -0.25) is 0 Å². The topological polar surface area (TPSA) is 21.3 Å². The van der Waals surface area contributed by atoms with Crippen molar-refractivity contribution in [2.75, 3.05) is 13.2 Å². The number of hydrogen-bond acceptors (Lipinski definition) is 2. The van der Waals surface area contributed by atoms with E-state index in [-0.39, 0.29) is 0 Å². The smallest absolute Gasteiger partial charge is 0.0518 e. The molecule has 0 saturated heterocycles. The summed E-state index contributed by atoms with van der Waals surface area (Å²) in [4.78, 5) is 0. The minimum Gasteiger partial charge on any atom is -0.379 e. The minimum atomic E-state index is 0.336. The Hall–Kier alpha value is -0.860. The quantitative estimate of drug-likeness (QED) is 0.746. The van der Waals surface area contributed by atoms with E-state index >= 15 is 0 Å². The molecule has 1 unspecified atom stereocenters. The summed E-state index contributed by atoms with van der Waals surface area (Å²) in [5, 5.41) is 3.80. The molecule has 0 aliphatic heterocycles. The zero-order valence-electron chi connectivity index (χ0n) is 14.1. The second-order valence-electron chi connectivity index (χ2n) is 7.20. The molecule has 1 atom stereocenters. The van der Waals surface area contributed by atoms with Gasteiger partial charge in [-0.2, -0.15) is 0 Å². The van der Waals surface area contributed by atoms with Gasteiger partial charge in [-0.15, -0.1) is 0 Å². The Kier molecular flexibility index (Phi) is 5.83. The van der Waals surface area contributed by atoms with E-state index < -0.39 is 0 Å². The van der Waals surface area contributed by atoms with Crippen LogP contribution in [0.25, 0.3) is 0 Å². The van der Waals surface area contributed by atoms with Crippen molar-refractivity contribution in [1.29, 1.82) is 0 Å². The Labute approximate surface area is 130 Å². The van der Waals surface area contributed by atoms with Crippen LogP contribution in [0, 0.1) is 5.41 Å². The third-order valence-electron chi connectivity index (χ3n) is 4.56. The second-order valence-corrected chi connectivity index (χ2v) is 7.20. The fourth-order valence-electron chi connectivity index (χ4n) is 3.24. The second kappa shape index (κ2) is 7.42. The predicted octanol–water partition coefficient (Wildman–Crippen LogP) is 4.49. The summed E-state index contributed by atoms with van der Waals surface area (Å²) >= 11 is 0. The molecule has 2 heteroatoms. The molecule has 21 heavy (non-hydrogen) atoms. The van der Waals surface area contributed by atoms with Crippen molar-refractivity contribution in [1.82, 2.24) is 5.32 Å². The molecule has 0 radical (unpaired) electrons. The maximum absolute atomic E-state index is 5.60. The van der Waals surface area contributed by atoms with Crippen molar-refractivity contribution >= 4 is 0 Å². The Morgan fingerprint density at radius 2 is 2.00 bits per heavy atom. The van der Waals surface area contributed by atoms with Gasteiger partial charge in [0.1, 0.15) is 0 Å². The van der Waals surface area contributed by atoms with Crippen LogP contribution in [0.15, 0.2) is 24.3 Å². The Bertz CT molecular complexity index is 439. The van der Waals surface area contributed by atoms with Gasteiger partial charge in [0.25, 0.3) is 0 Å². The van der Waals surface area contributed by atoms with E-state index in [4.69, 9.17) is 4.74 Å². The first-order valence-corrected chi connectivity index (χ1v) is 8.43. The highest BCUT2D eigenvalue weighted by molar-refractivity contribution is 5.34. The van der Waals surface area contributed by atoms with Crippen molar-refractivity contribution in [3.05, 3.63) is 35.4 Å². The molecule has 1 N–H and O–H groups in total. The summed E-state index contributed by atoms with van der Waals surface area (Å²) in [6.07, 6.45) is 5.14. The molecule has 1 aliphatic carbocycles. The summed E-state index contributed by atoms with van der Waals surface area (Å²) in [5.41, 5.74) is 3.37. The summed E-state index contributed by atoms with van der Waals surface area (Å²) in [6.45, 7) is 10.9. The van der Waals surface area contributed by atoms with Gasteiger partial charge in [0, 0.05) is 12.6 Å². The van der Waals surface area contributed by atoms with Crippen LogP contribution in [0.3, 0.4) is 0 Å². The molecule has 1 aromatic rings. The van der Waals surface area contributed by atoms with Gasteiger partial charge >= 0.3 is 0 Å². The summed E-state index contributed by atoms with van der Waals surface area (Å²) in [5.74, 6) is 0. The van der Waals surface area contributed by atoms with E-state index in [1.807, 2.05) is 0 Å². The van der Waals surface area contributed by atoms with Crippen LogP contribution in [0.1, 0.15) is 64.1 Å². The fraction of sp³-hybridized carbons (Fsp3) is 0.684. The highest BCUT2D eigenvalue weighted by Crippen LogP contribution is 2.43. The number of ether oxygens (including phenoxy) is 1. The molecule has 0 bridgehead atoms. The van der Waals surface area contributed by atoms with E-state index in [0.717, 1.165) is 19.6 Å². The lowest BCUT2D eigenvalue weighted by molar-refractivity contribution is 0.0756. The van der Waals surface area contributed by atoms with Crippen LogP contribution >= 0.6 is 0 Å². The summed E-state index contributed by atoms with van der Waals surface area (Å²) < 4.78 is 5.60. The molecule has 0 amide bonds. The van der Waals surface area contributed by atoms with Crippen molar-refractivity contribution in [3.8, 4) is 0 Å². The normalized spacial score (nSPS) is 20.5. The summed E-state index contributed by atoms with van der Waals surface area (Å²) in [6, 6.07) is 9.41. The van der Waals surface area contributed by atoms with Gasteiger partial charge in [-0.05, 0) is 62.6 Å². The lowest BCUT2D eigenvalue weighted by atomic mass is 9.70. The molecule has 2 nitrogen and oxygen atoms in total. The molecule has 2 rings (SSSR count). The van der Waals surface area contributed by atoms with Gasteiger partial charge in [-0.25, -0.2) is 0 Å². The van der Waals surface area contributed by atoms with Gasteiger partial charge < -0.3 is 10.1 Å². The Balaban J connectivity index is 1.86. The number of hydrogen-bond donors (Lipinski definition) is 1. The molecular weight excluding hydrogens is 258 g/mol. The van der Waals surface area contributed by atoms with E-state index in [2.05, 4.69) is 57.3 Å². The molecule has 0 saturated carbocycles. The Morgan fingerprint density at radius 1 is 1.24 bits per heavy atom. The van der Waals surface area contributed by atoms with Gasteiger partial charge in [0.15, 0.2) is 0 Å². The van der Waals surface area contributed by atoms with Crippen LogP contribution in [-0.4, -0.2) is 19.3 Å². The monoisotopic (exact) mass is 289 g/mol. The molecule has 0 fully saturated rings. The molecule has 118 valence electrons. The number of unbranched alkanes of at least 4 members (excludes halogenated alkanes) is 1. The van der Waals surface area contributed by atoms with Crippen molar-refractivity contribution in [3.63, 3.8) is 0 Å². The third kappa shape index (κ3) is 4.55. The number of aryl methyl sites for hydroxylation is 1. The lowest BCUT2D eigenvalue weighted by Crippen LogP contribution is -2.38. The summed E-state index contributed by atoms with van der Waals surface area (Å²) in [7, 11) is 0. The van der Waals surface area contributed by atoms with Crippen molar-refractivity contribution < 1.29 is 4.74 Å². The maximum atomic E-state index is 5.60. The van der Waals surface area contributed by atoms with E-state index in [0.29, 0.717) is 17.6 Å². The average Bonchev–Trinajstić information content (AvgIpc) is 2.44. The molecule has 1 aromatic carbocycles. The van der Waals surface area contributed by atoms with Gasteiger partial charge in [-0.1, -0.05) is 38.1 Å².